The molecule has 0 spiro atoms. The molecule has 0 aliphatic heterocycles. The van der Waals surface area contributed by atoms with Crippen LogP contribution in [0.4, 0.5) is 11.4 Å². The van der Waals surface area contributed by atoms with Crippen LogP contribution in [0.15, 0.2) is 40.8 Å². The average Bonchev–Trinajstić information content (AvgIpc) is 3.12. The topological polar surface area (TPSA) is 75.5 Å². The summed E-state index contributed by atoms with van der Waals surface area (Å²) in [5.41, 5.74) is 2.42. The lowest BCUT2D eigenvalue weighted by molar-refractivity contribution is 0.159. The lowest BCUT2D eigenvalue weighted by Gasteiger charge is -2.21. The van der Waals surface area contributed by atoms with Crippen LogP contribution in [-0.4, -0.2) is 21.4 Å². The van der Waals surface area contributed by atoms with Crippen LogP contribution in [0.2, 0.25) is 10.0 Å². The third-order valence-corrected chi connectivity index (χ3v) is 4.77. The van der Waals surface area contributed by atoms with Crippen molar-refractivity contribution in [2.24, 2.45) is 0 Å². The zero-order valence-electron chi connectivity index (χ0n) is 14.6. The highest BCUT2D eigenvalue weighted by Crippen LogP contribution is 2.35. The molecule has 2 N–H and O–H groups in total. The SMILES string of the molecule is [C-]#[N+]c1ccc(N[C@@H](c2nnc(-c3cccc(Cl)c3)o2)[C@H](C)O)c(C)c1Cl. The minimum Gasteiger partial charge on any atom is -0.418 e. The smallest absolute Gasteiger partial charge is 0.247 e. The van der Waals surface area contributed by atoms with Gasteiger partial charge in [-0.15, -0.1) is 10.2 Å². The average molecular weight is 403 g/mol. The van der Waals surface area contributed by atoms with Crippen LogP contribution in [0, 0.1) is 13.5 Å². The third-order valence-electron chi connectivity index (χ3n) is 4.06. The Kier molecular flexibility index (Phi) is 5.66. The van der Waals surface area contributed by atoms with Crippen LogP contribution in [0.3, 0.4) is 0 Å². The number of aromatic nitrogens is 2. The molecule has 0 aliphatic carbocycles. The Balaban J connectivity index is 1.92. The molecule has 1 aromatic heterocycles. The Hall–Kier alpha value is -2.59. The summed E-state index contributed by atoms with van der Waals surface area (Å²) in [6.07, 6.45) is -0.823. The molecule has 0 unspecified atom stereocenters. The molecular formula is C19H16Cl2N4O2. The molecular weight excluding hydrogens is 387 g/mol. The van der Waals surface area contributed by atoms with Crippen molar-refractivity contribution in [3.63, 3.8) is 0 Å². The molecule has 0 saturated carbocycles. The van der Waals surface area contributed by atoms with Crippen LogP contribution in [0.1, 0.15) is 24.4 Å². The number of nitrogens with one attached hydrogen (secondary N) is 1. The van der Waals surface area contributed by atoms with Gasteiger partial charge in [0, 0.05) is 16.3 Å². The van der Waals surface area contributed by atoms with Crippen molar-refractivity contribution in [1.82, 2.24) is 10.2 Å². The van der Waals surface area contributed by atoms with Gasteiger partial charge in [-0.2, -0.15) is 0 Å². The first-order valence-corrected chi connectivity index (χ1v) is 8.86. The second-order valence-corrected chi connectivity index (χ2v) is 6.82. The van der Waals surface area contributed by atoms with Crippen molar-refractivity contribution < 1.29 is 9.52 Å². The van der Waals surface area contributed by atoms with Gasteiger partial charge in [0.2, 0.25) is 17.5 Å². The van der Waals surface area contributed by atoms with E-state index in [9.17, 15) is 5.11 Å². The number of aliphatic hydroxyl groups excluding tert-OH is 1. The summed E-state index contributed by atoms with van der Waals surface area (Å²) in [7, 11) is 0. The maximum atomic E-state index is 10.2. The van der Waals surface area contributed by atoms with Crippen LogP contribution < -0.4 is 5.32 Å². The van der Waals surface area contributed by atoms with E-state index in [-0.39, 0.29) is 5.89 Å². The fourth-order valence-electron chi connectivity index (χ4n) is 2.57. The Morgan fingerprint density at radius 2 is 2.00 bits per heavy atom. The van der Waals surface area contributed by atoms with Crippen molar-refractivity contribution in [3.05, 3.63) is 69.3 Å². The molecule has 6 nitrogen and oxygen atoms in total. The molecule has 0 radical (unpaired) electrons. The number of anilines is 1. The molecule has 138 valence electrons. The van der Waals surface area contributed by atoms with Gasteiger partial charge in [0.25, 0.3) is 0 Å². The fourth-order valence-corrected chi connectivity index (χ4v) is 2.97. The second-order valence-electron chi connectivity index (χ2n) is 6.00. The molecule has 2 atom stereocenters. The number of benzene rings is 2. The fraction of sp³-hybridized carbons (Fsp3) is 0.211. The van der Waals surface area contributed by atoms with Gasteiger partial charge in [0.1, 0.15) is 6.04 Å². The third kappa shape index (κ3) is 4.06. The molecule has 8 heteroatoms. The lowest BCUT2D eigenvalue weighted by atomic mass is 10.1. The quantitative estimate of drug-likeness (QED) is 0.555. The number of hydrogen-bond donors (Lipinski definition) is 2. The lowest BCUT2D eigenvalue weighted by Crippen LogP contribution is -2.23. The predicted octanol–water partition coefficient (Wildman–Crippen LogP) is 5.44. The van der Waals surface area contributed by atoms with E-state index >= 15 is 0 Å². The highest BCUT2D eigenvalue weighted by Gasteiger charge is 2.25. The van der Waals surface area contributed by atoms with Gasteiger partial charge in [-0.3, -0.25) is 0 Å². The number of halogens is 2. The normalized spacial score (nSPS) is 13.0. The van der Waals surface area contributed by atoms with Gasteiger partial charge >= 0.3 is 0 Å². The van der Waals surface area contributed by atoms with E-state index < -0.39 is 12.1 Å². The van der Waals surface area contributed by atoms with Crippen LogP contribution in [0.5, 0.6) is 0 Å². The number of aliphatic hydroxyl groups is 1. The Labute approximate surface area is 166 Å². The van der Waals surface area contributed by atoms with Gasteiger partial charge < -0.3 is 14.8 Å². The van der Waals surface area contributed by atoms with Crippen LogP contribution >= 0.6 is 23.2 Å². The first kappa shape index (κ1) is 19.2. The van der Waals surface area contributed by atoms with Crippen molar-refractivity contribution in [2.45, 2.75) is 26.0 Å². The van der Waals surface area contributed by atoms with E-state index in [0.717, 1.165) is 0 Å². The summed E-state index contributed by atoms with van der Waals surface area (Å²) >= 11 is 12.2. The van der Waals surface area contributed by atoms with Crippen molar-refractivity contribution in [2.75, 3.05) is 5.32 Å². The largest absolute Gasteiger partial charge is 0.418 e. The van der Waals surface area contributed by atoms with Crippen molar-refractivity contribution in [1.29, 1.82) is 0 Å². The molecule has 0 fully saturated rings. The molecule has 2 aromatic carbocycles. The summed E-state index contributed by atoms with van der Waals surface area (Å²) in [4.78, 5) is 3.38. The number of rotatable bonds is 5. The van der Waals surface area contributed by atoms with Gasteiger partial charge in [-0.05, 0) is 43.7 Å². The minimum absolute atomic E-state index is 0.227. The van der Waals surface area contributed by atoms with Crippen LogP contribution in [-0.2, 0) is 0 Å². The van der Waals surface area contributed by atoms with Gasteiger partial charge in [-0.25, -0.2) is 4.85 Å². The van der Waals surface area contributed by atoms with Crippen molar-refractivity contribution in [3.8, 4) is 11.5 Å². The summed E-state index contributed by atoms with van der Waals surface area (Å²) in [5.74, 6) is 0.530. The van der Waals surface area contributed by atoms with E-state index in [1.807, 2.05) is 0 Å². The number of nitrogens with zero attached hydrogens (tertiary/aromatic N) is 3. The zero-order valence-corrected chi connectivity index (χ0v) is 16.1. The molecule has 3 rings (SSSR count). The maximum Gasteiger partial charge on any atom is 0.247 e. The van der Waals surface area contributed by atoms with Gasteiger partial charge in [0.15, 0.2) is 0 Å². The second kappa shape index (κ2) is 7.97. The summed E-state index contributed by atoms with van der Waals surface area (Å²) in [5, 5.41) is 22.4. The van der Waals surface area contributed by atoms with Crippen molar-refractivity contribution >= 4 is 34.6 Å². The molecule has 0 bridgehead atoms. The van der Waals surface area contributed by atoms with E-state index in [4.69, 9.17) is 34.2 Å². The highest BCUT2D eigenvalue weighted by molar-refractivity contribution is 6.34. The molecule has 0 saturated heterocycles. The molecule has 1 heterocycles. The monoisotopic (exact) mass is 402 g/mol. The molecule has 0 aliphatic rings. The van der Waals surface area contributed by atoms with E-state index in [0.29, 0.717) is 38.4 Å². The Morgan fingerprint density at radius 3 is 2.67 bits per heavy atom. The summed E-state index contributed by atoms with van der Waals surface area (Å²) in [6.45, 7) is 10.5. The van der Waals surface area contributed by atoms with Gasteiger partial charge in [0.05, 0.1) is 17.7 Å². The van der Waals surface area contributed by atoms with Gasteiger partial charge in [-0.1, -0.05) is 35.3 Å². The molecule has 27 heavy (non-hydrogen) atoms. The van der Waals surface area contributed by atoms with Crippen LogP contribution in [0.25, 0.3) is 16.3 Å². The van der Waals surface area contributed by atoms with E-state index in [2.05, 4.69) is 20.4 Å². The Bertz CT molecular complexity index is 1010. The standard InChI is InChI=1S/C19H16Cl2N4O2/c1-10-14(7-8-15(22-3)16(10)21)23-17(11(2)26)19-25-24-18(27-19)12-5-4-6-13(20)9-12/h4-9,11,17,23,26H,1-2H3/t11-,17+/m0/s1. The zero-order chi connectivity index (χ0) is 19.6. The first-order chi connectivity index (χ1) is 12.9. The maximum absolute atomic E-state index is 10.2. The summed E-state index contributed by atoms with van der Waals surface area (Å²) in [6, 6.07) is 9.77. The summed E-state index contributed by atoms with van der Waals surface area (Å²) < 4.78 is 5.75. The first-order valence-electron chi connectivity index (χ1n) is 8.11. The number of hydrogen-bond acceptors (Lipinski definition) is 5. The van der Waals surface area contributed by atoms with E-state index in [1.54, 1.807) is 50.2 Å². The molecule has 3 aromatic rings. The highest BCUT2D eigenvalue weighted by atomic mass is 35.5. The Morgan fingerprint density at radius 1 is 1.22 bits per heavy atom. The van der Waals surface area contributed by atoms with E-state index in [1.165, 1.54) is 0 Å². The molecule has 0 amide bonds. The minimum atomic E-state index is -0.823. The predicted molar refractivity (Wildman–Crippen MR) is 105 cm³/mol.